The molecule has 1 rings (SSSR count). The molecule has 1 N–H and O–H groups in total. The molecule has 11 heavy (non-hydrogen) atoms. The molecular weight excluding hydrogens is 138 g/mol. The average molecular weight is 153 g/mol. The maximum absolute atomic E-state index is 5.18. The molecule has 1 heterocycles. The largest absolute Gasteiger partial charge is 0.482 e. The smallest absolute Gasteiger partial charge is 0.190 e. The molecule has 1 aliphatic rings. The molecule has 0 fully saturated rings. The second-order valence-electron chi connectivity index (χ2n) is 2.93. The van der Waals surface area contributed by atoms with Gasteiger partial charge in [0, 0.05) is 12.1 Å². The Morgan fingerprint density at radius 2 is 2.27 bits per heavy atom. The van der Waals surface area contributed by atoms with Gasteiger partial charge >= 0.3 is 0 Å². The van der Waals surface area contributed by atoms with Crippen molar-refractivity contribution in [3.63, 3.8) is 0 Å². The molecular formula is C9H15NO. The molecule has 0 aromatic carbocycles. The molecule has 0 radical (unpaired) electrons. The molecule has 0 atom stereocenters. The van der Waals surface area contributed by atoms with Crippen molar-refractivity contribution in [3.8, 4) is 0 Å². The molecule has 0 aliphatic carbocycles. The number of ether oxygens (including phenoxy) is 1. The number of methoxy groups -OCH3 is 1. The molecule has 2 nitrogen and oxygen atoms in total. The fourth-order valence-corrected chi connectivity index (χ4v) is 1.16. The van der Waals surface area contributed by atoms with Crippen LogP contribution in [-0.2, 0) is 4.74 Å². The molecule has 0 aromatic rings. The molecule has 0 saturated carbocycles. The maximum Gasteiger partial charge on any atom is 0.190 e. The van der Waals surface area contributed by atoms with Gasteiger partial charge in [0.25, 0.3) is 0 Å². The van der Waals surface area contributed by atoms with E-state index >= 15 is 0 Å². The van der Waals surface area contributed by atoms with E-state index in [-0.39, 0.29) is 0 Å². The quantitative estimate of drug-likeness (QED) is 0.651. The van der Waals surface area contributed by atoms with E-state index in [1.807, 2.05) is 0 Å². The summed E-state index contributed by atoms with van der Waals surface area (Å²) in [5.41, 5.74) is 1.25. The first kappa shape index (κ1) is 8.18. The standard InChI is InChI=1S/C9H15NO/c1-7(2)8-5-4-6-10-9(8)11-3/h4-5,7,10H,6H2,1-3H3. The normalized spacial score (nSPS) is 17.1. The van der Waals surface area contributed by atoms with Crippen LogP contribution in [0.3, 0.4) is 0 Å². The van der Waals surface area contributed by atoms with Gasteiger partial charge in [-0.3, -0.25) is 0 Å². The number of allylic oxidation sites excluding steroid dienone is 2. The number of nitrogens with one attached hydrogen (secondary N) is 1. The summed E-state index contributed by atoms with van der Waals surface area (Å²) in [7, 11) is 1.70. The van der Waals surface area contributed by atoms with E-state index in [4.69, 9.17) is 4.74 Å². The van der Waals surface area contributed by atoms with Crippen molar-refractivity contribution in [1.29, 1.82) is 0 Å². The minimum atomic E-state index is 0.522. The third-order valence-electron chi connectivity index (χ3n) is 1.77. The van der Waals surface area contributed by atoms with Gasteiger partial charge in [0.1, 0.15) is 0 Å². The van der Waals surface area contributed by atoms with Crippen molar-refractivity contribution < 1.29 is 4.74 Å². The average Bonchev–Trinajstić information content (AvgIpc) is 2.04. The first-order valence-corrected chi connectivity index (χ1v) is 3.94. The van der Waals surface area contributed by atoms with Crippen LogP contribution in [0.1, 0.15) is 13.8 Å². The van der Waals surface area contributed by atoms with Crippen molar-refractivity contribution in [2.24, 2.45) is 5.92 Å². The maximum atomic E-state index is 5.18. The molecule has 0 bridgehead atoms. The molecule has 0 unspecified atom stereocenters. The minimum Gasteiger partial charge on any atom is -0.482 e. The zero-order valence-corrected chi connectivity index (χ0v) is 7.35. The Balaban J connectivity index is 2.83. The van der Waals surface area contributed by atoms with Crippen LogP contribution >= 0.6 is 0 Å². The van der Waals surface area contributed by atoms with E-state index in [2.05, 4.69) is 31.3 Å². The second-order valence-corrected chi connectivity index (χ2v) is 2.93. The highest BCUT2D eigenvalue weighted by Gasteiger charge is 2.10. The Hall–Kier alpha value is -0.920. The number of hydrogen-bond donors (Lipinski definition) is 1. The molecule has 2 heteroatoms. The first-order valence-electron chi connectivity index (χ1n) is 3.94. The third kappa shape index (κ3) is 1.76. The van der Waals surface area contributed by atoms with E-state index in [1.165, 1.54) is 5.57 Å². The Labute approximate surface area is 67.9 Å². The van der Waals surface area contributed by atoms with Crippen LogP contribution in [0.25, 0.3) is 0 Å². The number of dihydropyridines is 1. The highest BCUT2D eigenvalue weighted by atomic mass is 16.5. The first-order chi connectivity index (χ1) is 5.25. The minimum absolute atomic E-state index is 0.522. The van der Waals surface area contributed by atoms with Gasteiger partial charge in [-0.2, -0.15) is 0 Å². The summed E-state index contributed by atoms with van der Waals surface area (Å²) in [5.74, 6) is 1.44. The van der Waals surface area contributed by atoms with Gasteiger partial charge in [0.05, 0.1) is 7.11 Å². The highest BCUT2D eigenvalue weighted by molar-refractivity contribution is 5.27. The van der Waals surface area contributed by atoms with Crippen molar-refractivity contribution >= 4 is 0 Å². The molecule has 62 valence electrons. The van der Waals surface area contributed by atoms with Gasteiger partial charge in [-0.15, -0.1) is 0 Å². The summed E-state index contributed by atoms with van der Waals surface area (Å²) in [5, 5.41) is 3.17. The van der Waals surface area contributed by atoms with E-state index < -0.39 is 0 Å². The molecule has 0 saturated heterocycles. The monoisotopic (exact) mass is 153 g/mol. The van der Waals surface area contributed by atoms with Gasteiger partial charge in [-0.1, -0.05) is 26.0 Å². The summed E-state index contributed by atoms with van der Waals surface area (Å²) < 4.78 is 5.18. The topological polar surface area (TPSA) is 21.3 Å². The van der Waals surface area contributed by atoms with E-state index in [9.17, 15) is 0 Å². The van der Waals surface area contributed by atoms with Crippen molar-refractivity contribution in [3.05, 3.63) is 23.6 Å². The van der Waals surface area contributed by atoms with Gasteiger partial charge in [0.15, 0.2) is 5.88 Å². The van der Waals surface area contributed by atoms with Crippen LogP contribution < -0.4 is 5.32 Å². The Kier molecular flexibility index (Phi) is 2.58. The summed E-state index contributed by atoms with van der Waals surface area (Å²) in [6, 6.07) is 0. The molecule has 0 spiro atoms. The third-order valence-corrected chi connectivity index (χ3v) is 1.77. The van der Waals surface area contributed by atoms with Crippen LogP contribution in [0.15, 0.2) is 23.6 Å². The number of rotatable bonds is 2. The highest BCUT2D eigenvalue weighted by Crippen LogP contribution is 2.17. The van der Waals surface area contributed by atoms with Crippen molar-refractivity contribution in [2.45, 2.75) is 13.8 Å². The van der Waals surface area contributed by atoms with Gasteiger partial charge in [-0.25, -0.2) is 0 Å². The summed E-state index contributed by atoms with van der Waals surface area (Å²) in [4.78, 5) is 0. The second kappa shape index (κ2) is 3.46. The Bertz CT molecular complexity index is 192. The molecule has 1 aliphatic heterocycles. The van der Waals surface area contributed by atoms with E-state index in [0.717, 1.165) is 12.4 Å². The lowest BCUT2D eigenvalue weighted by Gasteiger charge is -2.18. The number of hydrogen-bond acceptors (Lipinski definition) is 2. The fraction of sp³-hybridized carbons (Fsp3) is 0.556. The Morgan fingerprint density at radius 3 is 2.73 bits per heavy atom. The predicted molar refractivity (Wildman–Crippen MR) is 46.0 cm³/mol. The van der Waals surface area contributed by atoms with Crippen molar-refractivity contribution in [1.82, 2.24) is 5.32 Å². The van der Waals surface area contributed by atoms with Crippen molar-refractivity contribution in [2.75, 3.05) is 13.7 Å². The van der Waals surface area contributed by atoms with Gasteiger partial charge < -0.3 is 10.1 Å². The molecule has 0 amide bonds. The van der Waals surface area contributed by atoms with Crippen LogP contribution in [0.5, 0.6) is 0 Å². The lowest BCUT2D eigenvalue weighted by Crippen LogP contribution is -2.21. The molecule has 0 aromatic heterocycles. The Morgan fingerprint density at radius 1 is 1.55 bits per heavy atom. The predicted octanol–water partition coefficient (Wildman–Crippen LogP) is 1.66. The van der Waals surface area contributed by atoms with Crippen LogP contribution in [0.4, 0.5) is 0 Å². The van der Waals surface area contributed by atoms with Crippen LogP contribution in [-0.4, -0.2) is 13.7 Å². The lowest BCUT2D eigenvalue weighted by atomic mass is 10.0. The van der Waals surface area contributed by atoms with Crippen LogP contribution in [0.2, 0.25) is 0 Å². The fourth-order valence-electron chi connectivity index (χ4n) is 1.16. The zero-order chi connectivity index (χ0) is 8.27. The SMILES string of the molecule is COC1=C(C(C)C)C=CCN1. The summed E-state index contributed by atoms with van der Waals surface area (Å²) in [6.45, 7) is 5.19. The van der Waals surface area contributed by atoms with Crippen LogP contribution in [0, 0.1) is 5.92 Å². The van der Waals surface area contributed by atoms with Gasteiger partial charge in [0.2, 0.25) is 0 Å². The van der Waals surface area contributed by atoms with Gasteiger partial charge in [-0.05, 0) is 5.92 Å². The summed E-state index contributed by atoms with van der Waals surface area (Å²) >= 11 is 0. The summed E-state index contributed by atoms with van der Waals surface area (Å²) in [6.07, 6.45) is 4.23. The van der Waals surface area contributed by atoms with E-state index in [0.29, 0.717) is 5.92 Å². The van der Waals surface area contributed by atoms with E-state index in [1.54, 1.807) is 7.11 Å². The zero-order valence-electron chi connectivity index (χ0n) is 7.35. The lowest BCUT2D eigenvalue weighted by molar-refractivity contribution is 0.255.